The van der Waals surface area contributed by atoms with Crippen LogP contribution in [0.3, 0.4) is 0 Å². The first-order valence-electron chi connectivity index (χ1n) is 12.3. The molecule has 7 heteroatoms. The lowest BCUT2D eigenvalue weighted by molar-refractivity contribution is -0.140. The van der Waals surface area contributed by atoms with E-state index in [4.69, 9.17) is 17.0 Å². The largest absolute Gasteiger partial charge is 0.493 e. The Labute approximate surface area is 202 Å². The van der Waals surface area contributed by atoms with Gasteiger partial charge in [0.05, 0.1) is 22.2 Å². The van der Waals surface area contributed by atoms with Crippen LogP contribution in [-0.2, 0) is 11.3 Å². The Morgan fingerprint density at radius 3 is 2.53 bits per heavy atom. The minimum atomic E-state index is -2.14. The molecular formula is C27H30N2O5. The normalized spacial score (nSPS) is 15.4. The number of carbonyl (C=O) groups excluding carboxylic acids is 1. The van der Waals surface area contributed by atoms with E-state index in [9.17, 15) is 9.59 Å². The molecule has 2 aromatic carbocycles. The third kappa shape index (κ3) is 5.66. The van der Waals surface area contributed by atoms with Crippen LogP contribution in [0.1, 0.15) is 32.5 Å². The van der Waals surface area contributed by atoms with Crippen molar-refractivity contribution in [3.8, 4) is 17.1 Å². The van der Waals surface area contributed by atoms with E-state index in [1.54, 1.807) is 74.7 Å². The monoisotopic (exact) mass is 464 g/mol. The second-order valence-corrected chi connectivity index (χ2v) is 8.70. The van der Waals surface area contributed by atoms with Crippen LogP contribution in [0.5, 0.6) is 5.75 Å². The van der Waals surface area contributed by atoms with Gasteiger partial charge in [0.15, 0.2) is 0 Å². The fourth-order valence-corrected chi connectivity index (χ4v) is 3.90. The summed E-state index contributed by atoms with van der Waals surface area (Å²) in [5.41, 5.74) is 1.46. The van der Waals surface area contributed by atoms with Gasteiger partial charge in [-0.1, -0.05) is 30.3 Å². The number of hydrogen-bond donors (Lipinski definition) is 1. The lowest BCUT2D eigenvalue weighted by atomic mass is 10.0. The summed E-state index contributed by atoms with van der Waals surface area (Å²) < 4.78 is 29.4. The molecule has 2 heterocycles. The molecule has 178 valence electrons. The number of carboxylic acid groups (broad SMARTS) is 1. The molecule has 1 aliphatic heterocycles. The number of nitrogens with zero attached hydrogens (tertiary/aromatic N) is 2. The molecule has 0 aliphatic carbocycles. The van der Waals surface area contributed by atoms with Crippen molar-refractivity contribution in [3.63, 3.8) is 0 Å². The number of carboxylic acids is 1. The molecule has 4 rings (SSSR count). The average molecular weight is 465 g/mol. The van der Waals surface area contributed by atoms with Gasteiger partial charge in [-0.2, -0.15) is 0 Å². The standard InChI is InChI=1S/C27H30N2O5/c1-19(2)29(27(32)22-11-9-21(10-12-22)24-8-5-13-33-24)16-23-6-3-4-7-25(23)34-18-20-14-28(15-20)17-26(30)31/h3-13,19-20H,14-18H2,1-2H3,(H,30,31)/i16D2. The number of rotatable bonds is 10. The highest BCUT2D eigenvalue weighted by Crippen LogP contribution is 2.25. The number of aliphatic carboxylic acids is 1. The van der Waals surface area contributed by atoms with E-state index in [-0.39, 0.29) is 18.0 Å². The molecule has 0 radical (unpaired) electrons. The first-order chi connectivity index (χ1) is 17.2. The summed E-state index contributed by atoms with van der Waals surface area (Å²) in [7, 11) is 0. The van der Waals surface area contributed by atoms with E-state index in [1.165, 1.54) is 4.90 Å². The summed E-state index contributed by atoms with van der Waals surface area (Å²) in [6.45, 7) is 2.99. The van der Waals surface area contributed by atoms with Crippen molar-refractivity contribution in [2.45, 2.75) is 26.4 Å². The van der Waals surface area contributed by atoms with Gasteiger partial charge in [0.2, 0.25) is 0 Å². The Balaban J connectivity index is 1.51. The molecule has 0 unspecified atom stereocenters. The molecule has 34 heavy (non-hydrogen) atoms. The van der Waals surface area contributed by atoms with E-state index in [2.05, 4.69) is 0 Å². The summed E-state index contributed by atoms with van der Waals surface area (Å²) >= 11 is 0. The predicted molar refractivity (Wildman–Crippen MR) is 129 cm³/mol. The van der Waals surface area contributed by atoms with Crippen molar-refractivity contribution in [2.24, 2.45) is 5.92 Å². The third-order valence-electron chi connectivity index (χ3n) is 5.67. The maximum Gasteiger partial charge on any atom is 0.317 e. The van der Waals surface area contributed by atoms with Crippen LogP contribution >= 0.6 is 0 Å². The van der Waals surface area contributed by atoms with Crippen LogP contribution in [0.2, 0.25) is 0 Å². The van der Waals surface area contributed by atoms with Crippen LogP contribution in [0.15, 0.2) is 71.3 Å². The number of carbonyl (C=O) groups is 2. The van der Waals surface area contributed by atoms with Crippen molar-refractivity contribution in [2.75, 3.05) is 26.2 Å². The Morgan fingerprint density at radius 1 is 1.15 bits per heavy atom. The van der Waals surface area contributed by atoms with Gasteiger partial charge in [0.1, 0.15) is 11.5 Å². The van der Waals surface area contributed by atoms with Crippen LogP contribution in [0.25, 0.3) is 11.3 Å². The van der Waals surface area contributed by atoms with E-state index in [1.807, 2.05) is 11.0 Å². The Hall–Kier alpha value is -3.58. The van der Waals surface area contributed by atoms with Crippen LogP contribution < -0.4 is 4.74 Å². The number of ether oxygens (including phenoxy) is 1. The van der Waals surface area contributed by atoms with Gasteiger partial charge < -0.3 is 19.2 Å². The Morgan fingerprint density at radius 2 is 1.88 bits per heavy atom. The van der Waals surface area contributed by atoms with Crippen molar-refractivity contribution in [1.29, 1.82) is 0 Å². The van der Waals surface area contributed by atoms with Gasteiger partial charge in [-0.25, -0.2) is 0 Å². The summed E-state index contributed by atoms with van der Waals surface area (Å²) in [6, 6.07) is 16.9. The quantitative estimate of drug-likeness (QED) is 0.479. The molecule has 0 atom stereocenters. The molecule has 7 nitrogen and oxygen atoms in total. The highest BCUT2D eigenvalue weighted by molar-refractivity contribution is 5.94. The van der Waals surface area contributed by atoms with E-state index >= 15 is 0 Å². The lowest BCUT2D eigenvalue weighted by Gasteiger charge is -2.38. The van der Waals surface area contributed by atoms with Crippen molar-refractivity contribution < 1.29 is 26.6 Å². The highest BCUT2D eigenvalue weighted by atomic mass is 16.5. The number of furan rings is 1. The van der Waals surface area contributed by atoms with Crippen LogP contribution in [0.4, 0.5) is 0 Å². The molecule has 0 saturated carbocycles. The molecule has 1 amide bonds. The average Bonchev–Trinajstić information content (AvgIpc) is 3.35. The van der Waals surface area contributed by atoms with Gasteiger partial charge in [-0.3, -0.25) is 14.5 Å². The minimum absolute atomic E-state index is 0.00356. The maximum atomic E-state index is 13.5. The minimum Gasteiger partial charge on any atom is -0.493 e. The predicted octanol–water partition coefficient (Wildman–Crippen LogP) is 4.39. The van der Waals surface area contributed by atoms with E-state index in [0.29, 0.717) is 36.8 Å². The van der Waals surface area contributed by atoms with Gasteiger partial charge in [0.25, 0.3) is 5.91 Å². The van der Waals surface area contributed by atoms with Crippen molar-refractivity contribution >= 4 is 11.9 Å². The molecule has 1 fully saturated rings. The fraction of sp³-hybridized carbons (Fsp3) is 0.333. The Bertz CT molecular complexity index is 1190. The van der Waals surface area contributed by atoms with Gasteiger partial charge in [0, 0.05) is 48.2 Å². The third-order valence-corrected chi connectivity index (χ3v) is 5.67. The molecule has 1 N–H and O–H groups in total. The summed E-state index contributed by atoms with van der Waals surface area (Å²) in [5.74, 6) is -0.0701. The summed E-state index contributed by atoms with van der Waals surface area (Å²) in [5, 5.41) is 8.90. The zero-order valence-corrected chi connectivity index (χ0v) is 19.3. The molecule has 1 aromatic heterocycles. The number of likely N-dealkylation sites (tertiary alicyclic amines) is 1. The zero-order valence-electron chi connectivity index (χ0n) is 21.3. The highest BCUT2D eigenvalue weighted by Gasteiger charge is 2.29. The summed E-state index contributed by atoms with van der Waals surface area (Å²) in [6.07, 6.45) is 1.58. The molecule has 1 saturated heterocycles. The molecular weight excluding hydrogens is 432 g/mol. The number of para-hydroxylation sites is 1. The Kier molecular flexibility index (Phi) is 6.52. The van der Waals surface area contributed by atoms with Crippen molar-refractivity contribution in [1.82, 2.24) is 9.80 Å². The zero-order chi connectivity index (χ0) is 25.9. The maximum absolute atomic E-state index is 13.5. The summed E-state index contributed by atoms with van der Waals surface area (Å²) in [4.78, 5) is 27.4. The SMILES string of the molecule is [2H]C([2H])(c1ccccc1OCC1CN(CC(=O)O)C1)N(C(=O)c1ccc(-c2ccco2)cc1)C(C)C. The van der Waals surface area contributed by atoms with E-state index < -0.39 is 24.4 Å². The van der Waals surface area contributed by atoms with Crippen molar-refractivity contribution in [3.05, 3.63) is 78.1 Å². The smallest absolute Gasteiger partial charge is 0.317 e. The van der Waals surface area contributed by atoms with Gasteiger partial charge in [-0.15, -0.1) is 0 Å². The topological polar surface area (TPSA) is 83.2 Å². The second-order valence-electron chi connectivity index (χ2n) is 8.70. The van der Waals surface area contributed by atoms with Crippen LogP contribution in [-0.4, -0.2) is 59.1 Å². The van der Waals surface area contributed by atoms with Crippen LogP contribution in [0, 0.1) is 5.92 Å². The van der Waals surface area contributed by atoms with Gasteiger partial charge in [-0.05, 0) is 44.2 Å². The van der Waals surface area contributed by atoms with Gasteiger partial charge >= 0.3 is 5.97 Å². The first kappa shape index (κ1) is 21.0. The molecule has 3 aromatic rings. The lowest BCUT2D eigenvalue weighted by Crippen LogP contribution is -2.51. The first-order valence-corrected chi connectivity index (χ1v) is 11.3. The number of benzene rings is 2. The number of hydrogen-bond acceptors (Lipinski definition) is 5. The van der Waals surface area contributed by atoms with E-state index in [0.717, 1.165) is 5.56 Å². The molecule has 0 bridgehead atoms. The molecule has 1 aliphatic rings. The number of amides is 1. The fourth-order valence-electron chi connectivity index (χ4n) is 3.90. The second kappa shape index (κ2) is 10.6. The molecule has 0 spiro atoms.